The Hall–Kier alpha value is -1.73. The van der Waals surface area contributed by atoms with Crippen LogP contribution in [0.4, 0.5) is 0 Å². The van der Waals surface area contributed by atoms with Gasteiger partial charge in [-0.15, -0.1) is 0 Å². The second-order valence-corrected chi connectivity index (χ2v) is 9.37. The van der Waals surface area contributed by atoms with E-state index in [-0.39, 0.29) is 24.7 Å². The van der Waals surface area contributed by atoms with E-state index in [4.69, 9.17) is 10.3 Å². The van der Waals surface area contributed by atoms with E-state index >= 15 is 0 Å². The van der Waals surface area contributed by atoms with Gasteiger partial charge in [0.1, 0.15) is 5.78 Å². The summed E-state index contributed by atoms with van der Waals surface area (Å²) < 4.78 is 18.1. The Balaban J connectivity index is 2.00. The highest BCUT2D eigenvalue weighted by Crippen LogP contribution is 2.54. The zero-order valence-corrected chi connectivity index (χ0v) is 17.4. The predicted molar refractivity (Wildman–Crippen MR) is 109 cm³/mol. The molecule has 0 heterocycles. The SMILES string of the molecule is NCCCC[C@H](OP(=O)(O)C(NC(=O)CCc1ccccc1)C1CCC1)C(=O)O. The van der Waals surface area contributed by atoms with Gasteiger partial charge in [-0.2, -0.15) is 0 Å². The van der Waals surface area contributed by atoms with Crippen molar-refractivity contribution >= 4 is 19.5 Å². The number of nitrogens with one attached hydrogen (secondary N) is 1. The lowest BCUT2D eigenvalue weighted by molar-refractivity contribution is -0.145. The lowest BCUT2D eigenvalue weighted by Gasteiger charge is -2.36. The molecular formula is C20H31N2O6P. The molecule has 1 aliphatic rings. The molecular weight excluding hydrogens is 395 g/mol. The largest absolute Gasteiger partial charge is 0.479 e. The molecule has 0 bridgehead atoms. The molecule has 1 amide bonds. The van der Waals surface area contributed by atoms with Crippen molar-refractivity contribution < 1.29 is 28.7 Å². The van der Waals surface area contributed by atoms with Crippen LogP contribution >= 0.6 is 7.60 Å². The van der Waals surface area contributed by atoms with Crippen LogP contribution in [0.25, 0.3) is 0 Å². The van der Waals surface area contributed by atoms with Gasteiger partial charge in [0.15, 0.2) is 6.10 Å². The molecule has 1 saturated carbocycles. The standard InChI is InChI=1S/C20H31N2O6P/c21-14-5-4-11-17(20(24)25)28-29(26,27)19(16-9-6-10-16)22-18(23)13-12-15-7-2-1-3-8-15/h1-3,7-8,16-17,19H,4-6,9-14,21H2,(H,22,23)(H,24,25)(H,26,27)/t17-,19?/m0/s1. The van der Waals surface area contributed by atoms with Gasteiger partial charge in [0.05, 0.1) is 0 Å². The van der Waals surface area contributed by atoms with Crippen LogP contribution in [0, 0.1) is 5.92 Å². The average molecular weight is 426 g/mol. The fraction of sp³-hybridized carbons (Fsp3) is 0.600. The van der Waals surface area contributed by atoms with Crippen molar-refractivity contribution in [3.05, 3.63) is 35.9 Å². The molecule has 5 N–H and O–H groups in total. The third kappa shape index (κ3) is 7.55. The Morgan fingerprint density at radius 2 is 1.93 bits per heavy atom. The summed E-state index contributed by atoms with van der Waals surface area (Å²) in [5.74, 6) is -2.92. The lowest BCUT2D eigenvalue weighted by atomic mass is 9.85. The summed E-state index contributed by atoms with van der Waals surface area (Å²) in [5.41, 5.74) is 6.41. The summed E-state index contributed by atoms with van der Waals surface area (Å²) in [5, 5.41) is 12.0. The first-order chi connectivity index (χ1) is 13.8. The molecule has 3 atom stereocenters. The van der Waals surface area contributed by atoms with Gasteiger partial charge in [-0.05, 0) is 56.6 Å². The molecule has 0 radical (unpaired) electrons. The molecule has 8 nitrogen and oxygen atoms in total. The number of hydrogen-bond donors (Lipinski definition) is 4. The minimum Gasteiger partial charge on any atom is -0.479 e. The third-order valence-electron chi connectivity index (χ3n) is 5.21. The molecule has 0 aliphatic heterocycles. The van der Waals surface area contributed by atoms with E-state index in [1.54, 1.807) is 0 Å². The Kier molecular flexibility index (Phi) is 9.30. The van der Waals surface area contributed by atoms with Crippen molar-refractivity contribution in [3.8, 4) is 0 Å². The summed E-state index contributed by atoms with van der Waals surface area (Å²) >= 11 is 0. The smallest absolute Gasteiger partial charge is 0.351 e. The normalized spacial score (nSPS) is 18.3. The predicted octanol–water partition coefficient (Wildman–Crippen LogP) is 2.65. The number of nitrogens with two attached hydrogens (primary N) is 1. The van der Waals surface area contributed by atoms with Gasteiger partial charge in [0.25, 0.3) is 0 Å². The van der Waals surface area contributed by atoms with Gasteiger partial charge in [-0.3, -0.25) is 13.9 Å². The summed E-state index contributed by atoms with van der Waals surface area (Å²) in [6.07, 6.45) is 2.75. The Bertz CT molecular complexity index is 710. The number of carbonyl (C=O) groups is 2. The second-order valence-electron chi connectivity index (χ2n) is 7.47. The number of carbonyl (C=O) groups excluding carboxylic acids is 1. The Morgan fingerprint density at radius 3 is 2.48 bits per heavy atom. The van der Waals surface area contributed by atoms with E-state index in [1.807, 2.05) is 30.3 Å². The first kappa shape index (κ1) is 23.5. The van der Waals surface area contributed by atoms with Crippen molar-refractivity contribution in [2.75, 3.05) is 6.54 Å². The summed E-state index contributed by atoms with van der Waals surface area (Å²) in [6, 6.07) is 9.49. The highest BCUT2D eigenvalue weighted by atomic mass is 31.2. The molecule has 2 unspecified atom stereocenters. The summed E-state index contributed by atoms with van der Waals surface area (Å²) in [4.78, 5) is 34.4. The maximum absolute atomic E-state index is 12.9. The number of unbranched alkanes of at least 4 members (excludes halogenated alkanes) is 1. The van der Waals surface area contributed by atoms with E-state index in [0.29, 0.717) is 38.6 Å². The van der Waals surface area contributed by atoms with Gasteiger partial charge >= 0.3 is 13.6 Å². The van der Waals surface area contributed by atoms with Crippen LogP contribution in [0.1, 0.15) is 50.5 Å². The first-order valence-corrected chi connectivity index (χ1v) is 11.7. The monoisotopic (exact) mass is 426 g/mol. The second kappa shape index (κ2) is 11.5. The number of hydrogen-bond acceptors (Lipinski definition) is 5. The van der Waals surface area contributed by atoms with Crippen LogP contribution in [-0.2, 0) is 25.1 Å². The van der Waals surface area contributed by atoms with Crippen LogP contribution in [0.3, 0.4) is 0 Å². The molecule has 29 heavy (non-hydrogen) atoms. The van der Waals surface area contributed by atoms with E-state index in [9.17, 15) is 24.2 Å². The zero-order chi connectivity index (χ0) is 21.3. The van der Waals surface area contributed by atoms with Crippen molar-refractivity contribution in [1.29, 1.82) is 0 Å². The van der Waals surface area contributed by atoms with Crippen LogP contribution in [0.2, 0.25) is 0 Å². The highest BCUT2D eigenvalue weighted by molar-refractivity contribution is 7.53. The number of carboxylic acid groups (broad SMARTS) is 1. The highest BCUT2D eigenvalue weighted by Gasteiger charge is 2.44. The van der Waals surface area contributed by atoms with Gasteiger partial charge in [-0.1, -0.05) is 36.8 Å². The molecule has 2 rings (SSSR count). The van der Waals surface area contributed by atoms with Gasteiger partial charge in [0.2, 0.25) is 5.91 Å². The fourth-order valence-corrected chi connectivity index (χ4v) is 5.13. The molecule has 0 spiro atoms. The number of aliphatic carboxylic acids is 1. The quantitative estimate of drug-likeness (QED) is 0.281. The van der Waals surface area contributed by atoms with E-state index in [1.165, 1.54) is 0 Å². The number of amides is 1. The van der Waals surface area contributed by atoms with Gasteiger partial charge in [-0.25, -0.2) is 4.79 Å². The van der Waals surface area contributed by atoms with Crippen LogP contribution in [0.15, 0.2) is 30.3 Å². The number of benzene rings is 1. The lowest BCUT2D eigenvalue weighted by Crippen LogP contribution is -2.44. The maximum atomic E-state index is 12.9. The Labute approximate surface area is 171 Å². The van der Waals surface area contributed by atoms with Crippen LogP contribution in [0.5, 0.6) is 0 Å². The van der Waals surface area contributed by atoms with E-state index in [0.717, 1.165) is 12.0 Å². The maximum Gasteiger partial charge on any atom is 0.351 e. The molecule has 1 fully saturated rings. The number of aryl methyl sites for hydroxylation is 1. The summed E-state index contributed by atoms with van der Waals surface area (Å²) in [7, 11) is -4.38. The van der Waals surface area contributed by atoms with Gasteiger partial charge < -0.3 is 21.1 Å². The molecule has 0 saturated heterocycles. The van der Waals surface area contributed by atoms with Crippen LogP contribution in [-0.4, -0.2) is 40.3 Å². The average Bonchev–Trinajstić information content (AvgIpc) is 2.64. The molecule has 1 aromatic carbocycles. The van der Waals surface area contributed by atoms with Crippen molar-refractivity contribution in [1.82, 2.24) is 5.32 Å². The third-order valence-corrected chi connectivity index (χ3v) is 7.02. The number of rotatable bonds is 13. The summed E-state index contributed by atoms with van der Waals surface area (Å²) in [6.45, 7) is 0.408. The molecule has 162 valence electrons. The zero-order valence-electron chi connectivity index (χ0n) is 16.5. The topological polar surface area (TPSA) is 139 Å². The van der Waals surface area contributed by atoms with E-state index in [2.05, 4.69) is 5.32 Å². The van der Waals surface area contributed by atoms with Crippen molar-refractivity contribution in [3.63, 3.8) is 0 Å². The molecule has 1 aliphatic carbocycles. The number of carboxylic acids is 1. The molecule has 9 heteroatoms. The fourth-order valence-electron chi connectivity index (χ4n) is 3.30. The van der Waals surface area contributed by atoms with Gasteiger partial charge in [0, 0.05) is 6.42 Å². The molecule has 1 aromatic rings. The van der Waals surface area contributed by atoms with Crippen LogP contribution < -0.4 is 11.1 Å². The first-order valence-electron chi connectivity index (χ1n) is 10.1. The van der Waals surface area contributed by atoms with E-state index < -0.39 is 25.5 Å². The minimum absolute atomic E-state index is 0.0937. The van der Waals surface area contributed by atoms with Crippen molar-refractivity contribution in [2.24, 2.45) is 11.7 Å². The Morgan fingerprint density at radius 1 is 1.24 bits per heavy atom. The minimum atomic E-state index is -4.38. The van der Waals surface area contributed by atoms with Crippen molar-refractivity contribution in [2.45, 2.75) is 63.3 Å². The molecule has 0 aromatic heterocycles.